The fourth-order valence-electron chi connectivity index (χ4n) is 3.20. The fraction of sp³-hybridized carbons (Fsp3) is 0.316. The monoisotopic (exact) mass is 412 g/mol. The second-order valence-electron chi connectivity index (χ2n) is 6.66. The topological polar surface area (TPSA) is 57.7 Å². The van der Waals surface area contributed by atoms with Crippen molar-refractivity contribution >= 4 is 15.7 Å². The van der Waals surface area contributed by atoms with Crippen LogP contribution < -0.4 is 0 Å². The summed E-state index contributed by atoms with van der Waals surface area (Å²) in [4.78, 5) is 15.9. The second kappa shape index (κ2) is 7.56. The van der Waals surface area contributed by atoms with Crippen molar-refractivity contribution in [2.75, 3.05) is 26.7 Å². The third-order valence-electron chi connectivity index (χ3n) is 4.74. The molecular formula is C19H19F3N2O3S. The Morgan fingerprint density at radius 2 is 1.61 bits per heavy atom. The minimum absolute atomic E-state index is 0.145. The van der Waals surface area contributed by atoms with E-state index in [1.807, 2.05) is 37.4 Å². The van der Waals surface area contributed by atoms with Crippen molar-refractivity contribution in [3.05, 3.63) is 65.7 Å². The molecule has 1 aliphatic heterocycles. The molecule has 5 nitrogen and oxygen atoms in total. The van der Waals surface area contributed by atoms with Gasteiger partial charge in [-0.25, -0.2) is 8.42 Å². The van der Waals surface area contributed by atoms with Crippen molar-refractivity contribution in [1.82, 2.24) is 9.80 Å². The molecule has 28 heavy (non-hydrogen) atoms. The van der Waals surface area contributed by atoms with E-state index in [1.54, 1.807) is 4.90 Å². The number of carbonyl (C=O) groups excluding carboxylic acids is 1. The number of alkyl halides is 3. The number of piperazine rings is 1. The van der Waals surface area contributed by atoms with Gasteiger partial charge in [-0.3, -0.25) is 4.79 Å². The third-order valence-corrected chi connectivity index (χ3v) is 6.25. The molecule has 1 aliphatic rings. The van der Waals surface area contributed by atoms with Gasteiger partial charge < -0.3 is 9.80 Å². The lowest BCUT2D eigenvalue weighted by molar-refractivity contribution is -0.0436. The van der Waals surface area contributed by atoms with Crippen molar-refractivity contribution in [3.8, 4) is 0 Å². The van der Waals surface area contributed by atoms with Gasteiger partial charge >= 0.3 is 5.51 Å². The summed E-state index contributed by atoms with van der Waals surface area (Å²) in [5.41, 5.74) is -4.28. The number of amides is 1. The molecule has 2 aromatic carbocycles. The molecule has 1 atom stereocenters. The predicted octanol–water partition coefficient (Wildman–Crippen LogP) is 3.11. The average Bonchev–Trinajstić information content (AvgIpc) is 2.67. The van der Waals surface area contributed by atoms with Gasteiger partial charge in [0.05, 0.1) is 10.9 Å². The highest BCUT2D eigenvalue weighted by molar-refractivity contribution is 7.92. The summed E-state index contributed by atoms with van der Waals surface area (Å²) in [7, 11) is -3.48. The molecule has 1 amide bonds. The van der Waals surface area contributed by atoms with Gasteiger partial charge in [-0.15, -0.1) is 0 Å². The Morgan fingerprint density at radius 1 is 1.00 bits per heavy atom. The van der Waals surface area contributed by atoms with Crippen LogP contribution in [-0.4, -0.2) is 56.3 Å². The zero-order valence-corrected chi connectivity index (χ0v) is 15.9. The molecule has 2 aromatic rings. The van der Waals surface area contributed by atoms with Gasteiger partial charge in [0, 0.05) is 25.2 Å². The summed E-state index contributed by atoms with van der Waals surface area (Å²) in [5, 5.41) is 0. The zero-order chi connectivity index (χ0) is 20.5. The number of rotatable bonds is 3. The number of sulfone groups is 1. The normalized spacial score (nSPS) is 18.9. The summed E-state index contributed by atoms with van der Waals surface area (Å²) >= 11 is 0. The lowest BCUT2D eigenvalue weighted by Gasteiger charge is -2.40. The zero-order valence-electron chi connectivity index (χ0n) is 15.1. The Bertz CT molecular complexity index is 945. The number of halogens is 3. The van der Waals surface area contributed by atoms with E-state index < -0.39 is 20.2 Å². The van der Waals surface area contributed by atoms with Crippen LogP contribution in [0.1, 0.15) is 22.0 Å². The van der Waals surface area contributed by atoms with E-state index in [2.05, 4.69) is 4.90 Å². The highest BCUT2D eigenvalue weighted by atomic mass is 32.2. The van der Waals surface area contributed by atoms with Gasteiger partial charge in [0.25, 0.3) is 15.7 Å². The lowest BCUT2D eigenvalue weighted by atomic mass is 10.0. The Balaban J connectivity index is 1.88. The van der Waals surface area contributed by atoms with E-state index in [9.17, 15) is 26.4 Å². The standard InChI is InChI=1S/C19H19F3N2O3S/c1-23-11-12-24(17(13-23)14-5-3-2-4-6-14)18(25)15-7-9-16(10-8-15)28(26,27)19(20,21)22/h2-10,17H,11-13H2,1H3. The molecule has 0 aromatic heterocycles. The first kappa shape index (κ1) is 20.3. The Hall–Kier alpha value is -2.39. The van der Waals surface area contributed by atoms with Crippen molar-refractivity contribution in [1.29, 1.82) is 0 Å². The minimum Gasteiger partial charge on any atom is -0.329 e. The molecule has 0 bridgehead atoms. The molecular weight excluding hydrogens is 393 g/mol. The number of hydrogen-bond donors (Lipinski definition) is 0. The first-order valence-corrected chi connectivity index (χ1v) is 10.1. The van der Waals surface area contributed by atoms with E-state index in [0.717, 1.165) is 29.8 Å². The molecule has 9 heteroatoms. The van der Waals surface area contributed by atoms with E-state index in [0.29, 0.717) is 19.6 Å². The van der Waals surface area contributed by atoms with Crippen LogP contribution in [0.3, 0.4) is 0 Å². The number of benzene rings is 2. The summed E-state index contributed by atoms with van der Waals surface area (Å²) in [6.45, 7) is 1.74. The summed E-state index contributed by atoms with van der Waals surface area (Å²) in [5.74, 6) is -0.349. The van der Waals surface area contributed by atoms with Crippen LogP contribution in [0.25, 0.3) is 0 Å². The van der Waals surface area contributed by atoms with Gasteiger partial charge in [0.2, 0.25) is 0 Å². The summed E-state index contributed by atoms with van der Waals surface area (Å²) in [6.07, 6.45) is 0. The predicted molar refractivity (Wildman–Crippen MR) is 97.4 cm³/mol. The average molecular weight is 412 g/mol. The Labute approximate surface area is 161 Å². The van der Waals surface area contributed by atoms with E-state index in [4.69, 9.17) is 0 Å². The minimum atomic E-state index is -5.44. The van der Waals surface area contributed by atoms with Crippen LogP contribution in [-0.2, 0) is 9.84 Å². The van der Waals surface area contributed by atoms with Gasteiger partial charge in [-0.1, -0.05) is 30.3 Å². The maximum absolute atomic E-state index is 13.0. The smallest absolute Gasteiger partial charge is 0.329 e. The van der Waals surface area contributed by atoms with Gasteiger partial charge in [-0.2, -0.15) is 13.2 Å². The van der Waals surface area contributed by atoms with Crippen LogP contribution >= 0.6 is 0 Å². The molecule has 150 valence electrons. The van der Waals surface area contributed by atoms with E-state index >= 15 is 0 Å². The quantitative estimate of drug-likeness (QED) is 0.778. The molecule has 0 aliphatic carbocycles. The van der Waals surface area contributed by atoms with Crippen LogP contribution in [0, 0.1) is 0 Å². The second-order valence-corrected chi connectivity index (χ2v) is 8.60. The van der Waals surface area contributed by atoms with Gasteiger partial charge in [0.15, 0.2) is 0 Å². The van der Waals surface area contributed by atoms with Gasteiger partial charge in [-0.05, 0) is 36.9 Å². The van der Waals surface area contributed by atoms with Crippen LogP contribution in [0.15, 0.2) is 59.5 Å². The molecule has 0 N–H and O–H groups in total. The van der Waals surface area contributed by atoms with Gasteiger partial charge in [0.1, 0.15) is 0 Å². The molecule has 1 fully saturated rings. The maximum Gasteiger partial charge on any atom is 0.501 e. The summed E-state index contributed by atoms with van der Waals surface area (Å²) < 4.78 is 61.0. The molecule has 1 heterocycles. The Morgan fingerprint density at radius 3 is 2.18 bits per heavy atom. The first-order chi connectivity index (χ1) is 13.1. The maximum atomic E-state index is 13.0. The number of nitrogens with zero attached hydrogens (tertiary/aromatic N) is 2. The van der Waals surface area contributed by atoms with Crippen molar-refractivity contribution in [2.24, 2.45) is 0 Å². The first-order valence-electron chi connectivity index (χ1n) is 8.57. The van der Waals surface area contributed by atoms with Crippen molar-refractivity contribution in [3.63, 3.8) is 0 Å². The third kappa shape index (κ3) is 3.90. The number of carbonyl (C=O) groups is 1. The molecule has 0 saturated carbocycles. The molecule has 0 radical (unpaired) electrons. The fourth-order valence-corrected chi connectivity index (χ4v) is 3.96. The van der Waals surface area contributed by atoms with E-state index in [1.165, 1.54) is 0 Å². The Kier molecular flexibility index (Phi) is 5.49. The van der Waals surface area contributed by atoms with Crippen LogP contribution in [0.4, 0.5) is 13.2 Å². The molecule has 1 saturated heterocycles. The van der Waals surface area contributed by atoms with Crippen molar-refractivity contribution in [2.45, 2.75) is 16.4 Å². The molecule has 1 unspecified atom stereocenters. The van der Waals surface area contributed by atoms with E-state index in [-0.39, 0.29) is 17.5 Å². The lowest BCUT2D eigenvalue weighted by Crippen LogP contribution is -2.49. The van der Waals surface area contributed by atoms with Crippen LogP contribution in [0.2, 0.25) is 0 Å². The highest BCUT2D eigenvalue weighted by Gasteiger charge is 2.46. The highest BCUT2D eigenvalue weighted by Crippen LogP contribution is 2.31. The molecule has 0 spiro atoms. The summed E-state index contributed by atoms with van der Waals surface area (Å²) in [6, 6.07) is 13.2. The largest absolute Gasteiger partial charge is 0.501 e. The van der Waals surface area contributed by atoms with Crippen molar-refractivity contribution < 1.29 is 26.4 Å². The molecule has 3 rings (SSSR count). The number of likely N-dealkylation sites (N-methyl/N-ethyl adjacent to an activating group) is 1. The SMILES string of the molecule is CN1CCN(C(=O)c2ccc(S(=O)(=O)C(F)(F)F)cc2)C(c2ccccc2)C1. The number of hydrogen-bond acceptors (Lipinski definition) is 4. The van der Waals surface area contributed by atoms with Crippen LogP contribution in [0.5, 0.6) is 0 Å².